The molecule has 0 N–H and O–H groups in total. The molecule has 0 aliphatic rings. The maximum atomic E-state index is 8.55. The lowest BCUT2D eigenvalue weighted by Crippen LogP contribution is -2.08. The molecule has 68 valence electrons. The van der Waals surface area contributed by atoms with Crippen molar-refractivity contribution in [3.05, 3.63) is 28.8 Å². The first-order valence-electron chi connectivity index (χ1n) is 3.96. The summed E-state index contributed by atoms with van der Waals surface area (Å²) in [7, 11) is 0. The molecule has 2 nitrogen and oxygen atoms in total. The molecule has 0 aromatic heterocycles. The zero-order valence-corrected chi connectivity index (χ0v) is 8.30. The van der Waals surface area contributed by atoms with Crippen molar-refractivity contribution in [2.45, 2.75) is 20.0 Å². The summed E-state index contributed by atoms with van der Waals surface area (Å²) < 4.78 is 5.33. The first-order chi connectivity index (χ1) is 6.13. The Labute approximate surface area is 82.7 Å². The molecule has 1 unspecified atom stereocenters. The van der Waals surface area contributed by atoms with E-state index in [1.165, 1.54) is 0 Å². The van der Waals surface area contributed by atoms with E-state index < -0.39 is 6.10 Å². The highest BCUT2D eigenvalue weighted by molar-refractivity contribution is 6.30. The summed E-state index contributed by atoms with van der Waals surface area (Å²) in [4.78, 5) is 0. The molecule has 0 aliphatic carbocycles. The average molecular weight is 196 g/mol. The first kappa shape index (κ1) is 9.88. The van der Waals surface area contributed by atoms with E-state index in [1.807, 2.05) is 19.1 Å². The van der Waals surface area contributed by atoms with Gasteiger partial charge in [-0.3, -0.25) is 0 Å². The Balaban J connectivity index is 2.88. The van der Waals surface area contributed by atoms with Crippen molar-refractivity contribution in [1.82, 2.24) is 0 Å². The van der Waals surface area contributed by atoms with E-state index >= 15 is 0 Å². The topological polar surface area (TPSA) is 33.0 Å². The third kappa shape index (κ3) is 2.64. The minimum Gasteiger partial charge on any atom is -0.476 e. The van der Waals surface area contributed by atoms with Crippen LogP contribution in [-0.2, 0) is 0 Å². The Hall–Kier alpha value is -1.20. The van der Waals surface area contributed by atoms with Crippen molar-refractivity contribution >= 4 is 11.6 Å². The van der Waals surface area contributed by atoms with Gasteiger partial charge in [0.1, 0.15) is 11.8 Å². The lowest BCUT2D eigenvalue weighted by Gasteiger charge is -2.10. The fraction of sp³-hybridized carbons (Fsp3) is 0.300. The van der Waals surface area contributed by atoms with Crippen LogP contribution < -0.4 is 4.74 Å². The predicted octanol–water partition coefficient (Wildman–Crippen LogP) is 2.94. The molecular formula is C10H10ClNO. The number of hydrogen-bond acceptors (Lipinski definition) is 2. The third-order valence-electron chi connectivity index (χ3n) is 1.64. The van der Waals surface area contributed by atoms with E-state index in [-0.39, 0.29) is 0 Å². The van der Waals surface area contributed by atoms with Gasteiger partial charge in [0.05, 0.1) is 0 Å². The number of nitrogens with zero attached hydrogens (tertiary/aromatic N) is 1. The second-order valence-electron chi connectivity index (χ2n) is 2.80. The molecule has 0 spiro atoms. The zero-order valence-electron chi connectivity index (χ0n) is 7.54. The Morgan fingerprint density at radius 1 is 1.54 bits per heavy atom. The second-order valence-corrected chi connectivity index (χ2v) is 3.24. The molecular weight excluding hydrogens is 186 g/mol. The summed E-state index contributed by atoms with van der Waals surface area (Å²) in [5.41, 5.74) is 0.978. The van der Waals surface area contributed by atoms with Crippen LogP contribution in [0.5, 0.6) is 5.75 Å². The maximum absolute atomic E-state index is 8.55. The van der Waals surface area contributed by atoms with Gasteiger partial charge in [-0.1, -0.05) is 17.7 Å². The minimum absolute atomic E-state index is 0.447. The van der Waals surface area contributed by atoms with Gasteiger partial charge in [0, 0.05) is 5.02 Å². The summed E-state index contributed by atoms with van der Waals surface area (Å²) in [5.74, 6) is 0.668. The van der Waals surface area contributed by atoms with Crippen molar-refractivity contribution in [2.24, 2.45) is 0 Å². The summed E-state index contributed by atoms with van der Waals surface area (Å²) in [6.07, 6.45) is -0.447. The van der Waals surface area contributed by atoms with Crippen LogP contribution in [0.25, 0.3) is 0 Å². The van der Waals surface area contributed by atoms with Gasteiger partial charge in [-0.2, -0.15) is 5.26 Å². The molecule has 1 rings (SSSR count). The molecule has 1 aromatic carbocycles. The fourth-order valence-electron chi connectivity index (χ4n) is 0.918. The molecule has 13 heavy (non-hydrogen) atoms. The number of nitriles is 1. The van der Waals surface area contributed by atoms with Gasteiger partial charge in [-0.25, -0.2) is 0 Å². The maximum Gasteiger partial charge on any atom is 0.181 e. The molecule has 0 saturated heterocycles. The van der Waals surface area contributed by atoms with Gasteiger partial charge >= 0.3 is 0 Å². The smallest absolute Gasteiger partial charge is 0.181 e. The quantitative estimate of drug-likeness (QED) is 0.727. The Morgan fingerprint density at radius 3 is 2.85 bits per heavy atom. The van der Waals surface area contributed by atoms with Gasteiger partial charge < -0.3 is 4.74 Å². The molecule has 1 aromatic rings. The van der Waals surface area contributed by atoms with E-state index in [4.69, 9.17) is 21.6 Å². The van der Waals surface area contributed by atoms with Crippen LogP contribution in [0.15, 0.2) is 18.2 Å². The number of hydrogen-bond donors (Lipinski definition) is 0. The molecule has 0 amide bonds. The van der Waals surface area contributed by atoms with E-state index in [1.54, 1.807) is 19.1 Å². The molecule has 0 heterocycles. The van der Waals surface area contributed by atoms with Crippen LogP contribution in [0.2, 0.25) is 5.02 Å². The zero-order chi connectivity index (χ0) is 9.84. The minimum atomic E-state index is -0.447. The van der Waals surface area contributed by atoms with Crippen molar-refractivity contribution in [1.29, 1.82) is 5.26 Å². The van der Waals surface area contributed by atoms with Crippen LogP contribution in [-0.4, -0.2) is 6.10 Å². The fourth-order valence-corrected chi connectivity index (χ4v) is 1.08. The number of benzene rings is 1. The Bertz CT molecular complexity index is 343. The Morgan fingerprint density at radius 2 is 2.23 bits per heavy atom. The van der Waals surface area contributed by atoms with Gasteiger partial charge in [0.2, 0.25) is 0 Å². The lowest BCUT2D eigenvalue weighted by molar-refractivity contribution is 0.274. The monoisotopic (exact) mass is 195 g/mol. The number of aryl methyl sites for hydroxylation is 1. The van der Waals surface area contributed by atoms with Crippen LogP contribution in [0.1, 0.15) is 12.5 Å². The van der Waals surface area contributed by atoms with Gasteiger partial charge in [-0.05, 0) is 31.5 Å². The Kier molecular flexibility index (Phi) is 3.16. The van der Waals surface area contributed by atoms with Crippen LogP contribution in [0.4, 0.5) is 0 Å². The third-order valence-corrected chi connectivity index (χ3v) is 1.87. The SMILES string of the molecule is Cc1ccc(Cl)cc1OC(C)C#N. The molecule has 0 saturated carbocycles. The largest absolute Gasteiger partial charge is 0.476 e. The lowest BCUT2D eigenvalue weighted by atomic mass is 10.2. The molecule has 0 aliphatic heterocycles. The highest BCUT2D eigenvalue weighted by Crippen LogP contribution is 2.23. The molecule has 0 bridgehead atoms. The summed E-state index contributed by atoms with van der Waals surface area (Å²) in [5, 5.41) is 9.16. The molecule has 3 heteroatoms. The van der Waals surface area contributed by atoms with Gasteiger partial charge in [0.25, 0.3) is 0 Å². The van der Waals surface area contributed by atoms with E-state index in [9.17, 15) is 0 Å². The summed E-state index contributed by atoms with van der Waals surface area (Å²) in [6.45, 7) is 3.61. The summed E-state index contributed by atoms with van der Waals surface area (Å²) >= 11 is 5.78. The molecule has 0 radical (unpaired) electrons. The summed E-state index contributed by atoms with van der Waals surface area (Å²) in [6, 6.07) is 7.36. The second kappa shape index (κ2) is 4.15. The van der Waals surface area contributed by atoms with Crippen molar-refractivity contribution in [3.8, 4) is 11.8 Å². The average Bonchev–Trinajstić information content (AvgIpc) is 2.11. The number of ether oxygens (including phenoxy) is 1. The van der Waals surface area contributed by atoms with Gasteiger partial charge in [-0.15, -0.1) is 0 Å². The van der Waals surface area contributed by atoms with Crippen LogP contribution >= 0.6 is 11.6 Å². The molecule has 1 atom stereocenters. The highest BCUT2D eigenvalue weighted by Gasteiger charge is 2.04. The van der Waals surface area contributed by atoms with Crippen molar-refractivity contribution in [2.75, 3.05) is 0 Å². The normalized spacial score (nSPS) is 11.8. The predicted molar refractivity (Wildman–Crippen MR) is 51.9 cm³/mol. The number of rotatable bonds is 2. The molecule has 0 fully saturated rings. The number of halogens is 1. The standard InChI is InChI=1S/C10H10ClNO/c1-7-3-4-9(11)5-10(7)13-8(2)6-12/h3-5,8H,1-2H3. The van der Waals surface area contributed by atoms with Crippen LogP contribution in [0.3, 0.4) is 0 Å². The van der Waals surface area contributed by atoms with Crippen molar-refractivity contribution < 1.29 is 4.74 Å². The van der Waals surface area contributed by atoms with Gasteiger partial charge in [0.15, 0.2) is 6.10 Å². The highest BCUT2D eigenvalue weighted by atomic mass is 35.5. The van der Waals surface area contributed by atoms with E-state index in [0.29, 0.717) is 10.8 Å². The van der Waals surface area contributed by atoms with Crippen LogP contribution in [0, 0.1) is 18.3 Å². The van der Waals surface area contributed by atoms with E-state index in [0.717, 1.165) is 5.56 Å². The van der Waals surface area contributed by atoms with E-state index in [2.05, 4.69) is 0 Å². The van der Waals surface area contributed by atoms with Crippen molar-refractivity contribution in [3.63, 3.8) is 0 Å². The first-order valence-corrected chi connectivity index (χ1v) is 4.33.